The Morgan fingerprint density at radius 1 is 1.19 bits per heavy atom. The zero-order valence-electron chi connectivity index (χ0n) is 15.0. The molecule has 1 fully saturated rings. The normalized spacial score (nSPS) is 20.0. The van der Waals surface area contributed by atoms with E-state index >= 15 is 0 Å². The molecule has 9 heteroatoms. The zero-order valence-corrected chi connectivity index (χ0v) is 15.0. The van der Waals surface area contributed by atoms with Gasteiger partial charge in [-0.15, -0.1) is 0 Å². The van der Waals surface area contributed by atoms with Gasteiger partial charge in [0.05, 0.1) is 5.92 Å². The minimum atomic E-state index is -4.39. The highest BCUT2D eigenvalue weighted by Gasteiger charge is 2.28. The van der Waals surface area contributed by atoms with Gasteiger partial charge in [0.1, 0.15) is 5.75 Å². The number of halogens is 3. The SMILES string of the molecule is CN(Cc1ccc(OCC(F)(F)F)cc1)C(=O)NC1CCC(C(=O)O)CC1. The van der Waals surface area contributed by atoms with Crippen molar-refractivity contribution in [2.24, 2.45) is 5.92 Å². The van der Waals surface area contributed by atoms with Gasteiger partial charge in [-0.3, -0.25) is 4.79 Å². The summed E-state index contributed by atoms with van der Waals surface area (Å²) in [7, 11) is 1.62. The number of hydrogen-bond acceptors (Lipinski definition) is 3. The first-order valence-electron chi connectivity index (χ1n) is 8.67. The summed E-state index contributed by atoms with van der Waals surface area (Å²) in [6, 6.07) is 5.75. The molecule has 1 saturated carbocycles. The lowest BCUT2D eigenvalue weighted by atomic mass is 9.86. The molecule has 1 aromatic carbocycles. The Kier molecular flexibility index (Phi) is 6.92. The molecule has 0 saturated heterocycles. The minimum absolute atomic E-state index is 0.0475. The van der Waals surface area contributed by atoms with E-state index in [4.69, 9.17) is 5.11 Å². The number of nitrogens with zero attached hydrogens (tertiary/aromatic N) is 1. The van der Waals surface area contributed by atoms with Gasteiger partial charge in [0.25, 0.3) is 0 Å². The fourth-order valence-electron chi connectivity index (χ4n) is 2.97. The van der Waals surface area contributed by atoms with Gasteiger partial charge in [-0.2, -0.15) is 13.2 Å². The minimum Gasteiger partial charge on any atom is -0.484 e. The van der Waals surface area contributed by atoms with E-state index < -0.39 is 18.8 Å². The van der Waals surface area contributed by atoms with Gasteiger partial charge in [0.15, 0.2) is 6.61 Å². The molecule has 0 spiro atoms. The van der Waals surface area contributed by atoms with Gasteiger partial charge >= 0.3 is 18.2 Å². The molecule has 27 heavy (non-hydrogen) atoms. The summed E-state index contributed by atoms with van der Waals surface area (Å²) >= 11 is 0. The van der Waals surface area contributed by atoms with E-state index in [1.54, 1.807) is 19.2 Å². The third-order valence-corrected chi connectivity index (χ3v) is 4.50. The molecule has 0 atom stereocenters. The standard InChI is InChI=1S/C18H23F3N2O4/c1-23(17(26)22-14-6-4-13(5-7-14)16(24)25)10-12-2-8-15(9-3-12)27-11-18(19,20)21/h2-3,8-9,13-14H,4-7,10-11H2,1H3,(H,22,26)(H,24,25). The molecule has 150 valence electrons. The Hall–Kier alpha value is -2.45. The molecule has 0 radical (unpaired) electrons. The molecule has 0 unspecified atom stereocenters. The number of carbonyl (C=O) groups excluding carboxylic acids is 1. The zero-order chi connectivity index (χ0) is 20.0. The highest BCUT2D eigenvalue weighted by atomic mass is 19.4. The largest absolute Gasteiger partial charge is 0.484 e. The van der Waals surface area contributed by atoms with Crippen LogP contribution >= 0.6 is 0 Å². The molecule has 1 aromatic rings. The molecule has 2 rings (SSSR count). The predicted molar refractivity (Wildman–Crippen MR) is 91.4 cm³/mol. The first-order valence-corrected chi connectivity index (χ1v) is 8.67. The summed E-state index contributed by atoms with van der Waals surface area (Å²) in [5.74, 6) is -1.02. The molecule has 2 N–H and O–H groups in total. The molecule has 0 bridgehead atoms. The number of ether oxygens (including phenoxy) is 1. The Morgan fingerprint density at radius 3 is 2.30 bits per heavy atom. The number of aliphatic carboxylic acids is 1. The summed E-state index contributed by atoms with van der Waals surface area (Å²) in [5.41, 5.74) is 0.751. The molecule has 0 heterocycles. The molecule has 6 nitrogen and oxygen atoms in total. The van der Waals surface area contributed by atoms with Gasteiger partial charge in [0.2, 0.25) is 0 Å². The predicted octanol–water partition coefficient (Wildman–Crippen LogP) is 3.41. The number of carboxylic acids is 1. The van der Waals surface area contributed by atoms with Crippen molar-refractivity contribution in [3.8, 4) is 5.75 Å². The highest BCUT2D eigenvalue weighted by molar-refractivity contribution is 5.74. The molecular formula is C18H23F3N2O4. The van der Waals surface area contributed by atoms with Crippen LogP contribution in [0.15, 0.2) is 24.3 Å². The number of rotatable bonds is 6. The first-order chi connectivity index (χ1) is 12.6. The average Bonchev–Trinajstić information content (AvgIpc) is 2.61. The van der Waals surface area contributed by atoms with Crippen molar-refractivity contribution in [1.29, 1.82) is 0 Å². The Morgan fingerprint density at radius 2 is 1.78 bits per heavy atom. The van der Waals surface area contributed by atoms with Gasteiger partial charge in [0, 0.05) is 19.6 Å². The third-order valence-electron chi connectivity index (χ3n) is 4.50. The molecule has 1 aliphatic carbocycles. The lowest BCUT2D eigenvalue weighted by molar-refractivity contribution is -0.153. The van der Waals surface area contributed by atoms with Crippen LogP contribution in [0.2, 0.25) is 0 Å². The summed E-state index contributed by atoms with van der Waals surface area (Å²) in [5, 5.41) is 11.9. The Labute approximate surface area is 155 Å². The van der Waals surface area contributed by atoms with Crippen molar-refractivity contribution in [3.05, 3.63) is 29.8 Å². The number of carboxylic acid groups (broad SMARTS) is 1. The van der Waals surface area contributed by atoms with Gasteiger partial charge in [-0.05, 0) is 43.4 Å². The van der Waals surface area contributed by atoms with Crippen LogP contribution in [0, 0.1) is 5.92 Å². The fourth-order valence-corrected chi connectivity index (χ4v) is 2.97. The van der Waals surface area contributed by atoms with E-state index in [9.17, 15) is 22.8 Å². The summed E-state index contributed by atoms with van der Waals surface area (Å²) < 4.78 is 41.0. The lowest BCUT2D eigenvalue weighted by Crippen LogP contribution is -2.44. The number of carbonyl (C=O) groups is 2. The summed E-state index contributed by atoms with van der Waals surface area (Å²) in [4.78, 5) is 24.7. The van der Waals surface area contributed by atoms with E-state index in [2.05, 4.69) is 10.1 Å². The fraction of sp³-hybridized carbons (Fsp3) is 0.556. The van der Waals surface area contributed by atoms with Crippen molar-refractivity contribution in [2.75, 3.05) is 13.7 Å². The Balaban J connectivity index is 1.78. The second kappa shape index (κ2) is 8.96. The van der Waals surface area contributed by atoms with Gasteiger partial charge in [-0.1, -0.05) is 12.1 Å². The van der Waals surface area contributed by atoms with E-state index in [0.29, 0.717) is 25.7 Å². The van der Waals surface area contributed by atoms with E-state index in [-0.39, 0.29) is 30.3 Å². The van der Waals surface area contributed by atoms with Crippen LogP contribution in [0.25, 0.3) is 0 Å². The van der Waals surface area contributed by atoms with E-state index in [0.717, 1.165) is 5.56 Å². The van der Waals surface area contributed by atoms with Crippen molar-refractivity contribution < 1.29 is 32.6 Å². The van der Waals surface area contributed by atoms with Crippen LogP contribution in [0.5, 0.6) is 5.75 Å². The number of benzene rings is 1. The number of nitrogens with one attached hydrogen (secondary N) is 1. The highest BCUT2D eigenvalue weighted by Crippen LogP contribution is 2.24. The van der Waals surface area contributed by atoms with Crippen LogP contribution in [0.4, 0.5) is 18.0 Å². The van der Waals surface area contributed by atoms with Crippen molar-refractivity contribution >= 4 is 12.0 Å². The summed E-state index contributed by atoms with van der Waals surface area (Å²) in [6.07, 6.45) is -2.04. The first kappa shape index (κ1) is 20.9. The van der Waals surface area contributed by atoms with Crippen LogP contribution < -0.4 is 10.1 Å². The van der Waals surface area contributed by atoms with E-state index in [1.165, 1.54) is 17.0 Å². The van der Waals surface area contributed by atoms with Gasteiger partial charge in [-0.25, -0.2) is 4.79 Å². The molecule has 0 aliphatic heterocycles. The van der Waals surface area contributed by atoms with Crippen molar-refractivity contribution in [3.63, 3.8) is 0 Å². The molecule has 0 aromatic heterocycles. The van der Waals surface area contributed by atoms with Crippen LogP contribution in [0.1, 0.15) is 31.2 Å². The number of urea groups is 1. The monoisotopic (exact) mass is 388 g/mol. The number of alkyl halides is 3. The van der Waals surface area contributed by atoms with Crippen molar-refractivity contribution in [2.45, 2.75) is 44.4 Å². The van der Waals surface area contributed by atoms with Crippen LogP contribution in [0.3, 0.4) is 0 Å². The maximum Gasteiger partial charge on any atom is 0.422 e. The second-order valence-corrected chi connectivity index (χ2v) is 6.74. The molecule has 2 amide bonds. The summed E-state index contributed by atoms with van der Waals surface area (Å²) in [6.45, 7) is -1.06. The Bertz CT molecular complexity index is 641. The lowest BCUT2D eigenvalue weighted by Gasteiger charge is -2.28. The maximum atomic E-state index is 12.3. The topological polar surface area (TPSA) is 78.9 Å². The number of amides is 2. The third kappa shape index (κ3) is 6.99. The average molecular weight is 388 g/mol. The van der Waals surface area contributed by atoms with E-state index in [1.807, 2.05) is 0 Å². The van der Waals surface area contributed by atoms with Crippen LogP contribution in [-0.4, -0.2) is 47.9 Å². The molecule has 1 aliphatic rings. The molecular weight excluding hydrogens is 365 g/mol. The van der Waals surface area contributed by atoms with Crippen molar-refractivity contribution in [1.82, 2.24) is 10.2 Å². The maximum absolute atomic E-state index is 12.3. The second-order valence-electron chi connectivity index (χ2n) is 6.74. The van der Waals surface area contributed by atoms with Crippen LogP contribution in [-0.2, 0) is 11.3 Å². The smallest absolute Gasteiger partial charge is 0.422 e. The van der Waals surface area contributed by atoms with Gasteiger partial charge < -0.3 is 20.1 Å². The quantitative estimate of drug-likeness (QED) is 0.783. The number of hydrogen-bond donors (Lipinski definition) is 2.